The number of amides is 1. The molecule has 0 unspecified atom stereocenters. The number of alkyl halides is 3. The number of fused-ring (bicyclic) bond motifs is 1. The molecule has 1 aliphatic heterocycles. The van der Waals surface area contributed by atoms with E-state index in [0.29, 0.717) is 21.9 Å². The maximum absolute atomic E-state index is 12.9. The summed E-state index contributed by atoms with van der Waals surface area (Å²) in [5.74, 6) is -0.868. The third-order valence-corrected chi connectivity index (χ3v) is 4.42. The van der Waals surface area contributed by atoms with Crippen LogP contribution >= 0.6 is 11.3 Å². The molecule has 0 saturated heterocycles. The molecule has 0 fully saturated rings. The maximum atomic E-state index is 12.9. The molecule has 3 rings (SSSR count). The molecule has 1 amide bonds. The van der Waals surface area contributed by atoms with Gasteiger partial charge in [0.1, 0.15) is 24.8 Å². The lowest BCUT2D eigenvalue weighted by Crippen LogP contribution is -2.42. The van der Waals surface area contributed by atoms with Gasteiger partial charge < -0.3 is 4.74 Å². The molecule has 122 valence electrons. The molecular formula is C15H13F3N2O2S. The zero-order valence-electron chi connectivity index (χ0n) is 12.1. The molecule has 1 aromatic carbocycles. The van der Waals surface area contributed by atoms with Gasteiger partial charge in [-0.15, -0.1) is 11.3 Å². The maximum Gasteiger partial charge on any atom is 0.406 e. The monoisotopic (exact) mass is 342 g/mol. The van der Waals surface area contributed by atoms with E-state index < -0.39 is 24.5 Å². The first-order valence-electron chi connectivity index (χ1n) is 6.87. The van der Waals surface area contributed by atoms with Crippen LogP contribution in [0, 0.1) is 6.92 Å². The number of ether oxygens (including phenoxy) is 1. The Labute approximate surface area is 134 Å². The molecule has 1 atom stereocenters. The highest BCUT2D eigenvalue weighted by molar-refractivity contribution is 7.14. The summed E-state index contributed by atoms with van der Waals surface area (Å²) < 4.78 is 44.1. The van der Waals surface area contributed by atoms with E-state index in [1.807, 2.05) is 0 Å². The number of carbonyl (C=O) groups is 1. The normalized spacial score (nSPS) is 16.8. The highest BCUT2D eigenvalue weighted by Gasteiger charge is 2.40. The van der Waals surface area contributed by atoms with Crippen molar-refractivity contribution in [3.63, 3.8) is 0 Å². The largest absolute Gasteiger partial charge is 0.492 e. The molecule has 1 aromatic heterocycles. The van der Waals surface area contributed by atoms with Crippen molar-refractivity contribution in [3.8, 4) is 5.75 Å². The van der Waals surface area contributed by atoms with Gasteiger partial charge in [-0.05, 0) is 13.0 Å². The van der Waals surface area contributed by atoms with E-state index in [-0.39, 0.29) is 11.7 Å². The van der Waals surface area contributed by atoms with E-state index in [0.717, 1.165) is 11.3 Å². The average molecular weight is 342 g/mol. The van der Waals surface area contributed by atoms with Crippen LogP contribution in [0.2, 0.25) is 0 Å². The molecule has 23 heavy (non-hydrogen) atoms. The van der Waals surface area contributed by atoms with Gasteiger partial charge in [0.25, 0.3) is 0 Å². The number of benzene rings is 1. The highest BCUT2D eigenvalue weighted by Crippen LogP contribution is 2.36. The molecule has 8 heteroatoms. The minimum absolute atomic E-state index is 0.0386. The van der Waals surface area contributed by atoms with Crippen LogP contribution in [-0.2, 0) is 4.79 Å². The quantitative estimate of drug-likeness (QED) is 0.857. The Morgan fingerprint density at radius 3 is 2.83 bits per heavy atom. The predicted molar refractivity (Wildman–Crippen MR) is 79.9 cm³/mol. The molecule has 0 spiro atoms. The molecule has 2 aromatic rings. The third-order valence-electron chi connectivity index (χ3n) is 3.44. The molecule has 0 saturated carbocycles. The van der Waals surface area contributed by atoms with Gasteiger partial charge in [-0.25, -0.2) is 4.98 Å². The van der Waals surface area contributed by atoms with Gasteiger partial charge in [-0.2, -0.15) is 13.2 Å². The molecular weight excluding hydrogens is 329 g/mol. The Hall–Kier alpha value is -2.09. The molecule has 0 radical (unpaired) electrons. The zero-order chi connectivity index (χ0) is 16.6. The fraction of sp³-hybridized carbons (Fsp3) is 0.333. The van der Waals surface area contributed by atoms with Crippen LogP contribution in [0.4, 0.5) is 18.3 Å². The van der Waals surface area contributed by atoms with Gasteiger partial charge in [0.05, 0.1) is 5.69 Å². The Bertz CT molecular complexity index is 730. The number of aryl methyl sites for hydroxylation is 1. The van der Waals surface area contributed by atoms with E-state index in [9.17, 15) is 18.0 Å². The molecule has 0 aliphatic carbocycles. The average Bonchev–Trinajstić information content (AvgIpc) is 3.09. The summed E-state index contributed by atoms with van der Waals surface area (Å²) in [6.07, 6.45) is -4.51. The topological polar surface area (TPSA) is 42.4 Å². The van der Waals surface area contributed by atoms with Crippen molar-refractivity contribution in [1.82, 2.24) is 4.98 Å². The summed E-state index contributed by atoms with van der Waals surface area (Å²) in [6.45, 7) is 0.346. The van der Waals surface area contributed by atoms with E-state index >= 15 is 0 Å². The number of hydrogen-bond acceptors (Lipinski definition) is 4. The standard InChI is InChI=1S/C15H13F3N2O2S/c1-9-7-23-14(19-9)20(8-15(16,17)18)13(21)11-6-22-12-5-3-2-4-10(11)12/h2-5,7,11H,6,8H2,1H3/t11-/m1/s1. The van der Waals surface area contributed by atoms with Gasteiger partial charge in [0.15, 0.2) is 5.13 Å². The summed E-state index contributed by atoms with van der Waals surface area (Å²) in [5, 5.41) is 1.67. The number of halogens is 3. The van der Waals surface area contributed by atoms with E-state index in [4.69, 9.17) is 4.74 Å². The van der Waals surface area contributed by atoms with Crippen molar-refractivity contribution in [1.29, 1.82) is 0 Å². The number of thiazole rings is 1. The molecule has 0 bridgehead atoms. The number of aromatic nitrogens is 1. The summed E-state index contributed by atoms with van der Waals surface area (Å²) in [6, 6.07) is 6.88. The number of nitrogens with zero attached hydrogens (tertiary/aromatic N) is 2. The molecule has 2 heterocycles. The van der Waals surface area contributed by atoms with Crippen LogP contribution in [0.3, 0.4) is 0 Å². The smallest absolute Gasteiger partial charge is 0.406 e. The Balaban J connectivity index is 1.92. The predicted octanol–water partition coefficient (Wildman–Crippen LogP) is 3.52. The van der Waals surface area contributed by atoms with Crippen LogP contribution in [0.15, 0.2) is 29.6 Å². The molecule has 4 nitrogen and oxygen atoms in total. The fourth-order valence-electron chi connectivity index (χ4n) is 2.44. The Morgan fingerprint density at radius 2 is 2.17 bits per heavy atom. The van der Waals surface area contributed by atoms with E-state index in [1.165, 1.54) is 0 Å². The third kappa shape index (κ3) is 3.31. The fourth-order valence-corrected chi connectivity index (χ4v) is 3.25. The first kappa shape index (κ1) is 15.8. The zero-order valence-corrected chi connectivity index (χ0v) is 12.9. The lowest BCUT2D eigenvalue weighted by atomic mass is 10.00. The minimum atomic E-state index is -4.51. The second-order valence-corrected chi connectivity index (χ2v) is 6.05. The Morgan fingerprint density at radius 1 is 1.43 bits per heavy atom. The van der Waals surface area contributed by atoms with E-state index in [1.54, 1.807) is 36.6 Å². The first-order chi connectivity index (χ1) is 10.8. The second kappa shape index (κ2) is 5.84. The van der Waals surface area contributed by atoms with Gasteiger partial charge >= 0.3 is 6.18 Å². The summed E-state index contributed by atoms with van der Waals surface area (Å²) in [4.78, 5) is 17.4. The summed E-state index contributed by atoms with van der Waals surface area (Å²) >= 11 is 1.02. The highest BCUT2D eigenvalue weighted by atomic mass is 32.1. The van der Waals surface area contributed by atoms with Crippen LogP contribution in [0.5, 0.6) is 5.75 Å². The van der Waals surface area contributed by atoms with Crippen LogP contribution in [-0.4, -0.2) is 30.2 Å². The SMILES string of the molecule is Cc1csc(N(CC(F)(F)F)C(=O)[C@@H]2COc3ccccc32)n1. The number of hydrogen-bond donors (Lipinski definition) is 0. The van der Waals surface area contributed by atoms with Crippen LogP contribution < -0.4 is 9.64 Å². The minimum Gasteiger partial charge on any atom is -0.492 e. The lowest BCUT2D eigenvalue weighted by Gasteiger charge is -2.24. The van der Waals surface area contributed by atoms with E-state index in [2.05, 4.69) is 4.98 Å². The first-order valence-corrected chi connectivity index (χ1v) is 7.75. The van der Waals surface area contributed by atoms with Crippen molar-refractivity contribution in [2.75, 3.05) is 18.1 Å². The van der Waals surface area contributed by atoms with Gasteiger partial charge in [-0.3, -0.25) is 9.69 Å². The van der Waals surface area contributed by atoms with Crippen molar-refractivity contribution >= 4 is 22.4 Å². The number of carbonyl (C=O) groups excluding carboxylic acids is 1. The Kier molecular flexibility index (Phi) is 4.01. The van der Waals surface area contributed by atoms with Gasteiger partial charge in [0, 0.05) is 10.9 Å². The number of rotatable bonds is 3. The van der Waals surface area contributed by atoms with Crippen molar-refractivity contribution < 1.29 is 22.7 Å². The summed E-state index contributed by atoms with van der Waals surface area (Å²) in [7, 11) is 0. The van der Waals surface area contributed by atoms with Crippen molar-refractivity contribution in [2.24, 2.45) is 0 Å². The van der Waals surface area contributed by atoms with Crippen molar-refractivity contribution in [3.05, 3.63) is 40.9 Å². The summed E-state index contributed by atoms with van der Waals surface area (Å²) in [5.41, 5.74) is 1.19. The number of anilines is 1. The van der Waals surface area contributed by atoms with Gasteiger partial charge in [0.2, 0.25) is 5.91 Å². The van der Waals surface area contributed by atoms with Gasteiger partial charge in [-0.1, -0.05) is 18.2 Å². The number of para-hydroxylation sites is 1. The molecule has 0 N–H and O–H groups in total. The second-order valence-electron chi connectivity index (χ2n) is 5.21. The van der Waals surface area contributed by atoms with Crippen LogP contribution in [0.25, 0.3) is 0 Å². The van der Waals surface area contributed by atoms with Crippen LogP contribution in [0.1, 0.15) is 17.2 Å². The van der Waals surface area contributed by atoms with Crippen molar-refractivity contribution in [2.45, 2.75) is 19.0 Å². The molecule has 1 aliphatic rings. The lowest BCUT2D eigenvalue weighted by molar-refractivity contribution is -0.133.